The molecule has 0 aliphatic heterocycles. The Balaban J connectivity index is 1.54. The Bertz CT molecular complexity index is 1080. The van der Waals surface area contributed by atoms with Crippen LogP contribution in [0.15, 0.2) is 59.8 Å². The van der Waals surface area contributed by atoms with Gasteiger partial charge < -0.3 is 15.0 Å². The first kappa shape index (κ1) is 19.9. The number of rotatable bonds is 6. The van der Waals surface area contributed by atoms with Crippen molar-refractivity contribution >= 4 is 11.7 Å². The summed E-state index contributed by atoms with van der Waals surface area (Å²) in [6.07, 6.45) is 9.20. The van der Waals surface area contributed by atoms with Crippen molar-refractivity contribution in [3.8, 4) is 11.1 Å². The summed E-state index contributed by atoms with van der Waals surface area (Å²) in [5.41, 5.74) is 3.12. The molecule has 4 rings (SSSR count). The lowest BCUT2D eigenvalue weighted by Gasteiger charge is -2.30. The maximum Gasteiger partial charge on any atom is 0.323 e. The third-order valence-corrected chi connectivity index (χ3v) is 5.79. The van der Waals surface area contributed by atoms with E-state index in [-0.39, 0.29) is 18.1 Å². The molecule has 7 nitrogen and oxygen atoms in total. The fourth-order valence-electron chi connectivity index (χ4n) is 4.25. The predicted octanol–water partition coefficient (Wildman–Crippen LogP) is 3.47. The van der Waals surface area contributed by atoms with E-state index in [9.17, 15) is 14.7 Å². The average Bonchev–Trinajstić information content (AvgIpc) is 3.18. The molecule has 0 atom stereocenters. The van der Waals surface area contributed by atoms with Crippen LogP contribution in [0, 0.1) is 0 Å². The summed E-state index contributed by atoms with van der Waals surface area (Å²) < 4.78 is 2.93. The monoisotopic (exact) mass is 406 g/mol. The van der Waals surface area contributed by atoms with E-state index in [1.807, 2.05) is 19.3 Å². The summed E-state index contributed by atoms with van der Waals surface area (Å²) in [5, 5.41) is 16.8. The van der Waals surface area contributed by atoms with Gasteiger partial charge in [-0.05, 0) is 43.2 Å². The van der Waals surface area contributed by atoms with Crippen LogP contribution in [0.1, 0.15) is 37.2 Å². The molecule has 0 amide bonds. The van der Waals surface area contributed by atoms with Crippen molar-refractivity contribution in [3.63, 3.8) is 0 Å². The van der Waals surface area contributed by atoms with Gasteiger partial charge in [0.15, 0.2) is 0 Å². The van der Waals surface area contributed by atoms with Crippen molar-refractivity contribution in [2.45, 2.75) is 44.2 Å². The normalized spacial score (nSPS) is 18.8. The van der Waals surface area contributed by atoms with E-state index in [1.165, 1.54) is 10.1 Å². The van der Waals surface area contributed by atoms with E-state index < -0.39 is 5.97 Å². The van der Waals surface area contributed by atoms with Crippen LogP contribution in [-0.4, -0.2) is 31.5 Å². The number of aliphatic carboxylic acids is 1. The van der Waals surface area contributed by atoms with Crippen LogP contribution in [-0.2, 0) is 18.4 Å². The molecule has 1 fully saturated rings. The zero-order valence-corrected chi connectivity index (χ0v) is 17.0. The van der Waals surface area contributed by atoms with Crippen molar-refractivity contribution in [1.29, 1.82) is 0 Å². The molecule has 7 heteroatoms. The molecule has 0 saturated heterocycles. The standard InChI is InChI=1S/C23H26N4O3/c1-26-13-19(12-24-26)18-11-21(23(30)27(14-18)15-22(28)29)25-20-9-7-17(8-10-20)16-5-3-2-4-6-16/h2-6,11-14,17,20,25H,7-10,15H2,1H3,(H,28,29). The van der Waals surface area contributed by atoms with Gasteiger partial charge in [0.05, 0.1) is 6.20 Å². The van der Waals surface area contributed by atoms with Crippen LogP contribution in [0.3, 0.4) is 0 Å². The highest BCUT2D eigenvalue weighted by molar-refractivity contribution is 5.69. The van der Waals surface area contributed by atoms with Crippen molar-refractivity contribution in [1.82, 2.24) is 14.3 Å². The summed E-state index contributed by atoms with van der Waals surface area (Å²) in [6.45, 7) is -0.373. The number of nitrogens with one attached hydrogen (secondary N) is 1. The Morgan fingerprint density at radius 3 is 2.50 bits per heavy atom. The Labute approximate surface area is 175 Å². The van der Waals surface area contributed by atoms with Gasteiger partial charge in [-0.25, -0.2) is 0 Å². The van der Waals surface area contributed by atoms with E-state index in [0.717, 1.165) is 36.8 Å². The maximum absolute atomic E-state index is 12.9. The second-order valence-corrected chi connectivity index (χ2v) is 7.98. The SMILES string of the molecule is Cn1cc(-c2cc(NC3CCC(c4ccccc4)CC3)c(=O)n(CC(=O)O)c2)cn1. The highest BCUT2D eigenvalue weighted by Gasteiger charge is 2.23. The molecule has 0 unspecified atom stereocenters. The highest BCUT2D eigenvalue weighted by Crippen LogP contribution is 2.34. The lowest BCUT2D eigenvalue weighted by atomic mass is 9.82. The summed E-state index contributed by atoms with van der Waals surface area (Å²) in [7, 11) is 1.82. The third kappa shape index (κ3) is 4.45. The van der Waals surface area contributed by atoms with Gasteiger partial charge in [-0.1, -0.05) is 30.3 Å². The Kier molecular flexibility index (Phi) is 5.70. The number of aryl methyl sites for hydroxylation is 1. The van der Waals surface area contributed by atoms with Crippen LogP contribution in [0.25, 0.3) is 11.1 Å². The molecule has 0 spiro atoms. The molecule has 0 radical (unpaired) electrons. The van der Waals surface area contributed by atoms with E-state index >= 15 is 0 Å². The van der Waals surface area contributed by atoms with Gasteiger partial charge >= 0.3 is 5.97 Å². The van der Waals surface area contributed by atoms with Crippen LogP contribution >= 0.6 is 0 Å². The number of carbonyl (C=O) groups is 1. The fraction of sp³-hybridized carbons (Fsp3) is 0.348. The summed E-state index contributed by atoms with van der Waals surface area (Å²) >= 11 is 0. The van der Waals surface area contributed by atoms with Crippen molar-refractivity contribution in [3.05, 3.63) is 70.9 Å². The number of carboxylic acids is 1. The molecule has 1 saturated carbocycles. The third-order valence-electron chi connectivity index (χ3n) is 5.79. The minimum Gasteiger partial charge on any atom is -0.480 e. The van der Waals surface area contributed by atoms with E-state index in [2.05, 4.69) is 34.7 Å². The first-order valence-electron chi connectivity index (χ1n) is 10.3. The van der Waals surface area contributed by atoms with Gasteiger partial charge in [0.2, 0.25) is 0 Å². The highest BCUT2D eigenvalue weighted by atomic mass is 16.4. The summed E-state index contributed by atoms with van der Waals surface area (Å²) in [4.78, 5) is 24.1. The molecule has 0 bridgehead atoms. The molecule has 2 aromatic heterocycles. The van der Waals surface area contributed by atoms with Crippen molar-refractivity contribution in [2.75, 3.05) is 5.32 Å². The lowest BCUT2D eigenvalue weighted by Crippen LogP contribution is -2.31. The van der Waals surface area contributed by atoms with Crippen LogP contribution in [0.2, 0.25) is 0 Å². The quantitative estimate of drug-likeness (QED) is 0.654. The largest absolute Gasteiger partial charge is 0.480 e. The van der Waals surface area contributed by atoms with E-state index in [0.29, 0.717) is 11.6 Å². The lowest BCUT2D eigenvalue weighted by molar-refractivity contribution is -0.137. The molecular weight excluding hydrogens is 380 g/mol. The molecule has 156 valence electrons. The molecule has 1 aliphatic carbocycles. The summed E-state index contributed by atoms with van der Waals surface area (Å²) in [5.74, 6) is -0.496. The number of hydrogen-bond acceptors (Lipinski definition) is 4. The molecular formula is C23H26N4O3. The molecule has 2 N–H and O–H groups in total. The first-order valence-corrected chi connectivity index (χ1v) is 10.3. The second-order valence-electron chi connectivity index (χ2n) is 7.98. The van der Waals surface area contributed by atoms with Gasteiger partial charge in [0, 0.05) is 36.6 Å². The van der Waals surface area contributed by atoms with Gasteiger partial charge in [0.25, 0.3) is 5.56 Å². The topological polar surface area (TPSA) is 89.2 Å². The number of carboxylic acid groups (broad SMARTS) is 1. The fourth-order valence-corrected chi connectivity index (χ4v) is 4.25. The van der Waals surface area contributed by atoms with Crippen LogP contribution < -0.4 is 10.9 Å². The minimum absolute atomic E-state index is 0.195. The number of aromatic nitrogens is 3. The zero-order chi connectivity index (χ0) is 21.1. The number of hydrogen-bond donors (Lipinski definition) is 2. The number of nitrogens with zero attached hydrogens (tertiary/aromatic N) is 3. The van der Waals surface area contributed by atoms with Crippen molar-refractivity contribution in [2.24, 2.45) is 7.05 Å². The summed E-state index contributed by atoms with van der Waals surface area (Å²) in [6, 6.07) is 12.6. The molecule has 2 heterocycles. The Morgan fingerprint density at radius 2 is 1.87 bits per heavy atom. The Hall–Kier alpha value is -3.35. The van der Waals surface area contributed by atoms with Gasteiger partial charge in [-0.3, -0.25) is 14.3 Å². The minimum atomic E-state index is -1.05. The van der Waals surface area contributed by atoms with Crippen LogP contribution in [0.4, 0.5) is 5.69 Å². The molecule has 3 aromatic rings. The van der Waals surface area contributed by atoms with Gasteiger partial charge in [0.1, 0.15) is 12.2 Å². The predicted molar refractivity (Wildman–Crippen MR) is 116 cm³/mol. The second kappa shape index (κ2) is 8.57. The van der Waals surface area contributed by atoms with E-state index in [4.69, 9.17) is 0 Å². The zero-order valence-electron chi connectivity index (χ0n) is 17.0. The van der Waals surface area contributed by atoms with Gasteiger partial charge in [-0.15, -0.1) is 0 Å². The number of anilines is 1. The average molecular weight is 406 g/mol. The number of pyridine rings is 1. The van der Waals surface area contributed by atoms with E-state index in [1.54, 1.807) is 23.1 Å². The smallest absolute Gasteiger partial charge is 0.323 e. The first-order chi connectivity index (χ1) is 14.5. The molecule has 30 heavy (non-hydrogen) atoms. The maximum atomic E-state index is 12.9. The van der Waals surface area contributed by atoms with Crippen molar-refractivity contribution < 1.29 is 9.90 Å². The van der Waals surface area contributed by atoms with Crippen LogP contribution in [0.5, 0.6) is 0 Å². The molecule has 1 aliphatic rings. The Morgan fingerprint density at radius 1 is 1.13 bits per heavy atom. The number of benzene rings is 1. The van der Waals surface area contributed by atoms with Gasteiger partial charge in [-0.2, -0.15) is 5.10 Å². The molecule has 1 aromatic carbocycles.